The number of rotatable bonds is 6. The SMILES string of the molecule is CS(=O)(=O)CCSc1nccn1Cc1ccccn1. The van der Waals surface area contributed by atoms with Crippen LogP contribution in [0.25, 0.3) is 0 Å². The summed E-state index contributed by atoms with van der Waals surface area (Å²) in [5, 5.41) is 0.814. The van der Waals surface area contributed by atoms with E-state index < -0.39 is 9.84 Å². The molecule has 0 atom stereocenters. The molecule has 0 aromatic carbocycles. The number of thioether (sulfide) groups is 1. The van der Waals surface area contributed by atoms with Crippen LogP contribution in [0.15, 0.2) is 41.9 Å². The van der Waals surface area contributed by atoms with Gasteiger partial charge in [0.05, 0.1) is 18.0 Å². The highest BCUT2D eigenvalue weighted by Gasteiger charge is 2.07. The third kappa shape index (κ3) is 4.68. The molecule has 0 fully saturated rings. The van der Waals surface area contributed by atoms with Gasteiger partial charge in [-0.05, 0) is 12.1 Å². The molecular weight excluding hydrogens is 282 g/mol. The summed E-state index contributed by atoms with van der Waals surface area (Å²) in [5.74, 6) is 0.673. The van der Waals surface area contributed by atoms with E-state index in [1.807, 2.05) is 29.0 Å². The first-order chi connectivity index (χ1) is 9.04. The van der Waals surface area contributed by atoms with Crippen LogP contribution in [-0.4, -0.2) is 40.7 Å². The molecule has 0 aliphatic rings. The number of nitrogens with zero attached hydrogens (tertiary/aromatic N) is 3. The lowest BCUT2D eigenvalue weighted by Gasteiger charge is -2.06. The third-order valence-electron chi connectivity index (χ3n) is 2.42. The molecule has 0 spiro atoms. The van der Waals surface area contributed by atoms with E-state index in [0.29, 0.717) is 12.3 Å². The second kappa shape index (κ2) is 6.21. The van der Waals surface area contributed by atoms with E-state index in [1.54, 1.807) is 12.4 Å². The Morgan fingerprint density at radius 2 is 2.11 bits per heavy atom. The molecule has 0 saturated heterocycles. The van der Waals surface area contributed by atoms with Crippen LogP contribution in [0.5, 0.6) is 0 Å². The highest BCUT2D eigenvalue weighted by atomic mass is 32.2. The predicted molar refractivity (Wildman–Crippen MR) is 76.0 cm³/mol. The van der Waals surface area contributed by atoms with E-state index in [-0.39, 0.29) is 5.75 Å². The van der Waals surface area contributed by atoms with Gasteiger partial charge in [0.25, 0.3) is 0 Å². The fourth-order valence-electron chi connectivity index (χ4n) is 1.51. The van der Waals surface area contributed by atoms with Crippen molar-refractivity contribution in [3.63, 3.8) is 0 Å². The summed E-state index contributed by atoms with van der Waals surface area (Å²) in [6.45, 7) is 0.641. The zero-order valence-electron chi connectivity index (χ0n) is 10.6. The van der Waals surface area contributed by atoms with E-state index >= 15 is 0 Å². The van der Waals surface area contributed by atoms with Crippen LogP contribution < -0.4 is 0 Å². The van der Waals surface area contributed by atoms with Gasteiger partial charge in [0.1, 0.15) is 9.84 Å². The van der Waals surface area contributed by atoms with Crippen molar-refractivity contribution in [3.05, 3.63) is 42.5 Å². The maximum atomic E-state index is 11.1. The largest absolute Gasteiger partial charge is 0.320 e. The highest BCUT2D eigenvalue weighted by molar-refractivity contribution is 8.00. The summed E-state index contributed by atoms with van der Waals surface area (Å²) < 4.78 is 24.1. The summed E-state index contributed by atoms with van der Waals surface area (Å²) in [4.78, 5) is 8.50. The summed E-state index contributed by atoms with van der Waals surface area (Å²) >= 11 is 1.44. The molecule has 2 aromatic rings. The standard InChI is InChI=1S/C12H15N3O2S2/c1-19(16,17)9-8-18-12-14-6-7-15(12)10-11-4-2-3-5-13-11/h2-7H,8-10H2,1H3. The Balaban J connectivity index is 1.98. The number of aromatic nitrogens is 3. The number of hydrogen-bond acceptors (Lipinski definition) is 5. The molecule has 0 amide bonds. The Labute approximate surface area is 117 Å². The summed E-state index contributed by atoms with van der Waals surface area (Å²) in [6, 6.07) is 5.76. The Kier molecular flexibility index (Phi) is 4.60. The average molecular weight is 297 g/mol. The summed E-state index contributed by atoms with van der Waals surface area (Å²) in [7, 11) is -2.92. The number of pyridine rings is 1. The van der Waals surface area contributed by atoms with E-state index in [9.17, 15) is 8.42 Å². The van der Waals surface area contributed by atoms with Crippen LogP contribution in [0.1, 0.15) is 5.69 Å². The average Bonchev–Trinajstić information content (AvgIpc) is 2.76. The van der Waals surface area contributed by atoms with Crippen molar-refractivity contribution in [2.24, 2.45) is 0 Å². The van der Waals surface area contributed by atoms with Crippen LogP contribution in [0.3, 0.4) is 0 Å². The first-order valence-electron chi connectivity index (χ1n) is 5.76. The molecule has 7 heteroatoms. The minimum Gasteiger partial charge on any atom is -0.320 e. The van der Waals surface area contributed by atoms with Gasteiger partial charge in [0, 0.05) is 30.6 Å². The molecular formula is C12H15N3O2S2. The first kappa shape index (κ1) is 14.1. The molecule has 102 valence electrons. The van der Waals surface area contributed by atoms with E-state index in [2.05, 4.69) is 9.97 Å². The van der Waals surface area contributed by atoms with Gasteiger partial charge >= 0.3 is 0 Å². The molecule has 0 N–H and O–H groups in total. The highest BCUT2D eigenvalue weighted by Crippen LogP contribution is 2.16. The predicted octanol–water partition coefficient (Wildman–Crippen LogP) is 1.46. The number of sulfone groups is 1. The molecule has 0 aliphatic heterocycles. The number of imidazole rings is 1. The second-order valence-corrected chi connectivity index (χ2v) is 7.46. The van der Waals surface area contributed by atoms with Gasteiger partial charge in [-0.3, -0.25) is 4.98 Å². The summed E-state index contributed by atoms with van der Waals surface area (Å²) in [5.41, 5.74) is 0.950. The van der Waals surface area contributed by atoms with Crippen molar-refractivity contribution in [2.45, 2.75) is 11.7 Å². The van der Waals surface area contributed by atoms with E-state index in [1.165, 1.54) is 18.0 Å². The fraction of sp³-hybridized carbons (Fsp3) is 0.333. The van der Waals surface area contributed by atoms with Gasteiger partial charge in [-0.1, -0.05) is 17.8 Å². The van der Waals surface area contributed by atoms with Crippen LogP contribution in [0.2, 0.25) is 0 Å². The van der Waals surface area contributed by atoms with E-state index in [4.69, 9.17) is 0 Å². The van der Waals surface area contributed by atoms with Crippen molar-refractivity contribution >= 4 is 21.6 Å². The minimum atomic E-state index is -2.92. The van der Waals surface area contributed by atoms with Crippen molar-refractivity contribution in [1.82, 2.24) is 14.5 Å². The molecule has 5 nitrogen and oxygen atoms in total. The zero-order valence-corrected chi connectivity index (χ0v) is 12.2. The van der Waals surface area contributed by atoms with Crippen molar-refractivity contribution < 1.29 is 8.42 Å². The van der Waals surface area contributed by atoms with Gasteiger partial charge in [0.2, 0.25) is 0 Å². The Hall–Kier alpha value is -1.34. The van der Waals surface area contributed by atoms with Gasteiger partial charge in [-0.15, -0.1) is 0 Å². The maximum Gasteiger partial charge on any atom is 0.168 e. The minimum absolute atomic E-state index is 0.161. The summed E-state index contributed by atoms with van der Waals surface area (Å²) in [6.07, 6.45) is 6.58. The molecule has 0 aliphatic carbocycles. The fourth-order valence-corrected chi connectivity index (χ4v) is 3.66. The maximum absolute atomic E-state index is 11.1. The van der Waals surface area contributed by atoms with Crippen LogP contribution in [0, 0.1) is 0 Å². The van der Waals surface area contributed by atoms with Crippen LogP contribution in [-0.2, 0) is 16.4 Å². The number of hydrogen-bond donors (Lipinski definition) is 0. The Morgan fingerprint density at radius 3 is 2.79 bits per heavy atom. The monoisotopic (exact) mass is 297 g/mol. The van der Waals surface area contributed by atoms with Crippen molar-refractivity contribution in [2.75, 3.05) is 17.8 Å². The van der Waals surface area contributed by atoms with Gasteiger partial charge in [0.15, 0.2) is 5.16 Å². The molecule has 2 aromatic heterocycles. The Morgan fingerprint density at radius 1 is 1.26 bits per heavy atom. The van der Waals surface area contributed by atoms with E-state index in [0.717, 1.165) is 10.9 Å². The topological polar surface area (TPSA) is 64.8 Å². The normalized spacial score (nSPS) is 11.6. The quantitative estimate of drug-likeness (QED) is 0.755. The molecule has 0 radical (unpaired) electrons. The molecule has 2 heterocycles. The second-order valence-electron chi connectivity index (χ2n) is 4.14. The van der Waals surface area contributed by atoms with Crippen LogP contribution in [0.4, 0.5) is 0 Å². The first-order valence-corrected chi connectivity index (χ1v) is 8.81. The molecule has 0 unspecified atom stereocenters. The molecule has 2 rings (SSSR count). The molecule has 0 saturated carbocycles. The molecule has 0 bridgehead atoms. The smallest absolute Gasteiger partial charge is 0.168 e. The lowest BCUT2D eigenvalue weighted by Crippen LogP contribution is -2.07. The van der Waals surface area contributed by atoms with Crippen molar-refractivity contribution in [3.8, 4) is 0 Å². The lowest BCUT2D eigenvalue weighted by atomic mass is 10.3. The van der Waals surface area contributed by atoms with Gasteiger partial charge in [-0.25, -0.2) is 13.4 Å². The lowest BCUT2D eigenvalue weighted by molar-refractivity contribution is 0.603. The Bertz CT molecular complexity index is 623. The van der Waals surface area contributed by atoms with Gasteiger partial charge in [-0.2, -0.15) is 0 Å². The zero-order chi connectivity index (χ0) is 13.7. The van der Waals surface area contributed by atoms with Gasteiger partial charge < -0.3 is 4.57 Å². The van der Waals surface area contributed by atoms with Crippen LogP contribution >= 0.6 is 11.8 Å². The third-order valence-corrected chi connectivity index (χ3v) is 4.63. The molecule has 19 heavy (non-hydrogen) atoms. The van der Waals surface area contributed by atoms with Crippen molar-refractivity contribution in [1.29, 1.82) is 0 Å².